The van der Waals surface area contributed by atoms with E-state index in [1.807, 2.05) is 25.1 Å². The number of H-pyrrole nitrogens is 1. The maximum absolute atomic E-state index is 12.7. The molecule has 3 heterocycles. The maximum Gasteiger partial charge on any atom is 0.254 e. The summed E-state index contributed by atoms with van der Waals surface area (Å²) in [6, 6.07) is 6.21. The highest BCUT2D eigenvalue weighted by atomic mass is 16.5. The van der Waals surface area contributed by atoms with E-state index in [0.29, 0.717) is 34.3 Å². The second-order valence-electron chi connectivity index (χ2n) is 7.01. The van der Waals surface area contributed by atoms with Gasteiger partial charge < -0.3 is 26.1 Å². The Bertz CT molecular complexity index is 1030. The molecule has 7 nitrogen and oxygen atoms in total. The number of pyridine rings is 1. The Kier molecular flexibility index (Phi) is 4.04. The summed E-state index contributed by atoms with van der Waals surface area (Å²) in [7, 11) is 1.59. The second-order valence-corrected chi connectivity index (χ2v) is 7.01. The van der Waals surface area contributed by atoms with Crippen LogP contribution in [0.4, 0.5) is 5.69 Å². The minimum Gasteiger partial charge on any atom is -0.496 e. The van der Waals surface area contributed by atoms with Crippen LogP contribution in [0.2, 0.25) is 0 Å². The summed E-state index contributed by atoms with van der Waals surface area (Å²) in [5.41, 5.74) is 10.4. The molecule has 2 aliphatic heterocycles. The number of nitrogens with one attached hydrogen (secondary N) is 3. The zero-order valence-electron chi connectivity index (χ0n) is 15.5. The number of hydrogen-bond acceptors (Lipinski definition) is 5. The Hall–Kier alpha value is -3.06. The summed E-state index contributed by atoms with van der Waals surface area (Å²) < 4.78 is 5.63. The fourth-order valence-corrected chi connectivity index (χ4v) is 3.82. The number of ether oxygens (including phenoxy) is 1. The number of fused-ring (bicyclic) bond motifs is 1. The molecule has 2 aliphatic rings. The van der Waals surface area contributed by atoms with Crippen LogP contribution in [0.15, 0.2) is 40.5 Å². The summed E-state index contributed by atoms with van der Waals surface area (Å²) in [5.74, 6) is -0.531. The number of aryl methyl sites for hydroxylation is 1. The lowest BCUT2D eigenvalue weighted by Crippen LogP contribution is -2.32. The zero-order chi connectivity index (χ0) is 19.3. The van der Waals surface area contributed by atoms with Gasteiger partial charge in [-0.2, -0.15) is 0 Å². The van der Waals surface area contributed by atoms with E-state index >= 15 is 0 Å². The van der Waals surface area contributed by atoms with Crippen LogP contribution in [0.5, 0.6) is 5.75 Å². The van der Waals surface area contributed by atoms with Crippen LogP contribution in [-0.2, 0) is 4.79 Å². The molecular formula is C20H22N4O3. The van der Waals surface area contributed by atoms with E-state index in [4.69, 9.17) is 10.5 Å². The van der Waals surface area contributed by atoms with E-state index in [2.05, 4.69) is 15.6 Å². The van der Waals surface area contributed by atoms with Gasteiger partial charge in [-0.3, -0.25) is 9.59 Å². The molecule has 27 heavy (non-hydrogen) atoms. The molecule has 140 valence electrons. The number of primary amides is 1. The number of hydrogen-bond donors (Lipinski definition) is 4. The number of carbonyl (C=O) groups excluding carboxylic acids is 1. The number of rotatable bonds is 4. The molecule has 4 rings (SSSR count). The van der Waals surface area contributed by atoms with Gasteiger partial charge in [0.15, 0.2) is 0 Å². The van der Waals surface area contributed by atoms with Crippen molar-refractivity contribution >= 4 is 11.6 Å². The third-order valence-electron chi connectivity index (χ3n) is 5.27. The van der Waals surface area contributed by atoms with Crippen molar-refractivity contribution in [1.82, 2.24) is 10.3 Å². The van der Waals surface area contributed by atoms with E-state index in [1.54, 1.807) is 20.2 Å². The van der Waals surface area contributed by atoms with Gasteiger partial charge in [0.05, 0.1) is 24.3 Å². The topological polar surface area (TPSA) is 119 Å². The Balaban J connectivity index is 1.99. The first kappa shape index (κ1) is 17.4. The van der Waals surface area contributed by atoms with E-state index in [-0.39, 0.29) is 5.56 Å². The van der Waals surface area contributed by atoms with Gasteiger partial charge in [0, 0.05) is 35.6 Å². The van der Waals surface area contributed by atoms with Crippen molar-refractivity contribution in [3.05, 3.63) is 68.3 Å². The average Bonchev–Trinajstić information content (AvgIpc) is 3.48. The summed E-state index contributed by atoms with van der Waals surface area (Å²) in [5, 5.41) is 6.45. The highest BCUT2D eigenvalue weighted by Gasteiger charge is 2.36. The van der Waals surface area contributed by atoms with Gasteiger partial charge in [0.2, 0.25) is 5.91 Å². The normalized spacial score (nSPS) is 20.7. The molecule has 1 aromatic heterocycles. The highest BCUT2D eigenvalue weighted by Crippen LogP contribution is 2.44. The van der Waals surface area contributed by atoms with Crippen molar-refractivity contribution in [2.45, 2.75) is 25.8 Å². The van der Waals surface area contributed by atoms with Crippen LogP contribution in [0.3, 0.4) is 0 Å². The molecule has 5 N–H and O–H groups in total. The summed E-state index contributed by atoms with van der Waals surface area (Å²) in [6.45, 7) is 4.63. The predicted molar refractivity (Wildman–Crippen MR) is 103 cm³/mol. The van der Waals surface area contributed by atoms with Crippen molar-refractivity contribution in [3.63, 3.8) is 0 Å². The molecule has 2 unspecified atom stereocenters. The van der Waals surface area contributed by atoms with Crippen molar-refractivity contribution in [2.75, 3.05) is 19.0 Å². The largest absolute Gasteiger partial charge is 0.496 e. The third-order valence-corrected chi connectivity index (χ3v) is 5.27. The summed E-state index contributed by atoms with van der Waals surface area (Å²) in [4.78, 5) is 27.8. The number of anilines is 1. The molecule has 1 saturated heterocycles. The third kappa shape index (κ3) is 2.80. The Labute approximate surface area is 156 Å². The molecular weight excluding hydrogens is 344 g/mol. The van der Waals surface area contributed by atoms with Gasteiger partial charge in [0.1, 0.15) is 5.75 Å². The number of carbonyl (C=O) groups is 1. The van der Waals surface area contributed by atoms with Gasteiger partial charge in [-0.05, 0) is 31.0 Å². The first-order chi connectivity index (χ1) is 12.9. The van der Waals surface area contributed by atoms with Crippen LogP contribution in [-0.4, -0.2) is 24.5 Å². The quantitative estimate of drug-likeness (QED) is 0.614. The second kappa shape index (κ2) is 6.28. The SMILES string of the molecule is COc1cc(C2CN2)ccc1C1C(C(N)=O)=C(C)Nc2c(C)c[nH]c(=O)c21. The van der Waals surface area contributed by atoms with Crippen LogP contribution >= 0.6 is 0 Å². The summed E-state index contributed by atoms with van der Waals surface area (Å²) in [6.07, 6.45) is 1.66. The van der Waals surface area contributed by atoms with Crippen molar-refractivity contribution in [1.29, 1.82) is 0 Å². The number of allylic oxidation sites excluding steroid dienone is 1. The molecule has 0 spiro atoms. The van der Waals surface area contributed by atoms with Gasteiger partial charge in [-0.1, -0.05) is 12.1 Å². The maximum atomic E-state index is 12.7. The average molecular weight is 366 g/mol. The van der Waals surface area contributed by atoms with E-state index in [9.17, 15) is 9.59 Å². The molecule has 0 saturated carbocycles. The van der Waals surface area contributed by atoms with Gasteiger partial charge in [-0.25, -0.2) is 0 Å². The van der Waals surface area contributed by atoms with Gasteiger partial charge >= 0.3 is 0 Å². The molecule has 2 aromatic rings. The Morgan fingerprint density at radius 1 is 1.30 bits per heavy atom. The molecule has 7 heteroatoms. The lowest BCUT2D eigenvalue weighted by atomic mass is 9.79. The minimum atomic E-state index is -0.599. The first-order valence-corrected chi connectivity index (χ1v) is 8.83. The fraction of sp³-hybridized carbons (Fsp3) is 0.300. The van der Waals surface area contributed by atoms with Crippen LogP contribution in [0, 0.1) is 6.92 Å². The molecule has 1 fully saturated rings. The number of benzene rings is 1. The van der Waals surface area contributed by atoms with E-state index in [0.717, 1.165) is 23.2 Å². The number of aromatic nitrogens is 1. The first-order valence-electron chi connectivity index (χ1n) is 8.83. The molecule has 0 aliphatic carbocycles. The molecule has 0 radical (unpaired) electrons. The number of aromatic amines is 1. The summed E-state index contributed by atoms with van der Waals surface area (Å²) >= 11 is 0. The van der Waals surface area contributed by atoms with Crippen molar-refractivity contribution in [3.8, 4) is 5.75 Å². The minimum absolute atomic E-state index is 0.255. The molecule has 1 aromatic carbocycles. The van der Waals surface area contributed by atoms with Crippen molar-refractivity contribution in [2.24, 2.45) is 5.73 Å². The number of methoxy groups -OCH3 is 1. The lowest BCUT2D eigenvalue weighted by Gasteiger charge is -2.30. The Morgan fingerprint density at radius 2 is 2.04 bits per heavy atom. The molecule has 2 atom stereocenters. The monoisotopic (exact) mass is 366 g/mol. The smallest absolute Gasteiger partial charge is 0.254 e. The van der Waals surface area contributed by atoms with Gasteiger partial charge in [-0.15, -0.1) is 0 Å². The number of nitrogens with two attached hydrogens (primary N) is 1. The van der Waals surface area contributed by atoms with Gasteiger partial charge in [0.25, 0.3) is 5.56 Å². The van der Waals surface area contributed by atoms with Crippen LogP contribution in [0.1, 0.15) is 41.1 Å². The molecule has 1 amide bonds. The zero-order valence-corrected chi connectivity index (χ0v) is 15.5. The van der Waals surface area contributed by atoms with Crippen molar-refractivity contribution < 1.29 is 9.53 Å². The highest BCUT2D eigenvalue weighted by molar-refractivity contribution is 5.97. The standard InChI is InChI=1S/C20H22N4O3/c1-9-7-23-20(26)17-16(15(19(21)25)10(2)24-18(9)17)12-5-4-11(13-8-22-13)6-14(12)27-3/h4-7,13,16,22,24H,8H2,1-3H3,(H2,21,25)(H,23,26). The lowest BCUT2D eigenvalue weighted by molar-refractivity contribution is -0.114. The van der Waals surface area contributed by atoms with E-state index < -0.39 is 11.8 Å². The molecule has 0 bridgehead atoms. The Morgan fingerprint density at radius 3 is 2.67 bits per heavy atom. The predicted octanol–water partition coefficient (Wildman–Crippen LogP) is 1.65. The van der Waals surface area contributed by atoms with E-state index in [1.165, 1.54) is 0 Å². The van der Waals surface area contributed by atoms with Crippen LogP contribution in [0.25, 0.3) is 0 Å². The van der Waals surface area contributed by atoms with Crippen LogP contribution < -0.4 is 26.7 Å². The fourth-order valence-electron chi connectivity index (χ4n) is 3.82. The number of amides is 1.